The van der Waals surface area contributed by atoms with Crippen molar-refractivity contribution >= 4 is 0 Å². The fraction of sp³-hybridized carbons (Fsp3) is 0.200. The highest BCUT2D eigenvalue weighted by atomic mass is 19.1. The molecule has 0 aromatic carbocycles. The zero-order chi connectivity index (χ0) is 10.1. The van der Waals surface area contributed by atoms with Gasteiger partial charge in [-0.25, -0.2) is 9.07 Å². The third-order valence-corrected chi connectivity index (χ3v) is 2.10. The van der Waals surface area contributed by atoms with Crippen LogP contribution in [0.4, 0.5) is 4.39 Å². The Hall–Kier alpha value is -1.71. The van der Waals surface area contributed by atoms with Crippen molar-refractivity contribution in [2.24, 2.45) is 0 Å². The maximum atomic E-state index is 12.9. The number of hydrogen-bond donors (Lipinski definition) is 0. The number of pyridine rings is 1. The van der Waals surface area contributed by atoms with Crippen molar-refractivity contribution in [3.63, 3.8) is 0 Å². The van der Waals surface area contributed by atoms with Gasteiger partial charge in [0.15, 0.2) is 0 Å². The quantitative estimate of drug-likeness (QED) is 0.690. The predicted octanol–water partition coefficient (Wildman–Crippen LogP) is 2.02. The number of aryl methyl sites for hydroxylation is 2. The summed E-state index contributed by atoms with van der Waals surface area (Å²) in [6.07, 6.45) is 4.60. The molecule has 72 valence electrons. The monoisotopic (exact) mass is 191 g/mol. The average molecular weight is 191 g/mol. The standard InChI is InChI=1S/C10H10FN3/c1-7-6-14(13-8(7)2)10-3-9(11)4-12-5-10/h3-6H,1-2H3. The summed E-state index contributed by atoms with van der Waals surface area (Å²) < 4.78 is 14.5. The Morgan fingerprint density at radius 1 is 1.29 bits per heavy atom. The van der Waals surface area contributed by atoms with E-state index in [0.717, 1.165) is 11.3 Å². The van der Waals surface area contributed by atoms with Crippen LogP contribution in [0.25, 0.3) is 5.69 Å². The minimum atomic E-state index is -0.353. The number of hydrogen-bond acceptors (Lipinski definition) is 2. The van der Waals surface area contributed by atoms with E-state index in [1.54, 1.807) is 10.9 Å². The molecule has 4 heteroatoms. The van der Waals surface area contributed by atoms with Gasteiger partial charge in [0.05, 0.1) is 23.8 Å². The minimum absolute atomic E-state index is 0.353. The van der Waals surface area contributed by atoms with Crippen LogP contribution in [0.5, 0.6) is 0 Å². The summed E-state index contributed by atoms with van der Waals surface area (Å²) in [6, 6.07) is 1.40. The van der Waals surface area contributed by atoms with Gasteiger partial charge in [0.25, 0.3) is 0 Å². The molecule has 0 saturated heterocycles. The van der Waals surface area contributed by atoms with Gasteiger partial charge in [-0.2, -0.15) is 5.10 Å². The average Bonchev–Trinajstić information content (AvgIpc) is 2.47. The number of halogens is 1. The summed E-state index contributed by atoms with van der Waals surface area (Å²) in [6.45, 7) is 3.88. The Morgan fingerprint density at radius 3 is 2.64 bits per heavy atom. The zero-order valence-corrected chi connectivity index (χ0v) is 8.03. The highest BCUT2D eigenvalue weighted by Crippen LogP contribution is 2.10. The topological polar surface area (TPSA) is 30.7 Å². The fourth-order valence-corrected chi connectivity index (χ4v) is 1.20. The third kappa shape index (κ3) is 1.51. The second kappa shape index (κ2) is 3.21. The molecule has 0 bridgehead atoms. The molecule has 2 rings (SSSR count). The fourth-order valence-electron chi connectivity index (χ4n) is 1.20. The lowest BCUT2D eigenvalue weighted by atomic mass is 10.3. The molecule has 0 fully saturated rings. The van der Waals surface area contributed by atoms with E-state index in [4.69, 9.17) is 0 Å². The SMILES string of the molecule is Cc1cn(-c2cncc(F)c2)nc1C. The van der Waals surface area contributed by atoms with Gasteiger partial charge >= 0.3 is 0 Å². The van der Waals surface area contributed by atoms with Crippen LogP contribution < -0.4 is 0 Å². The van der Waals surface area contributed by atoms with Crippen molar-refractivity contribution in [3.8, 4) is 5.69 Å². The van der Waals surface area contributed by atoms with E-state index in [2.05, 4.69) is 10.1 Å². The summed E-state index contributed by atoms with van der Waals surface area (Å²) >= 11 is 0. The molecule has 0 aliphatic carbocycles. The lowest BCUT2D eigenvalue weighted by Crippen LogP contribution is -1.96. The summed E-state index contributed by atoms with van der Waals surface area (Å²) in [7, 11) is 0. The summed E-state index contributed by atoms with van der Waals surface area (Å²) in [5, 5.41) is 4.23. The van der Waals surface area contributed by atoms with Crippen molar-refractivity contribution < 1.29 is 4.39 Å². The van der Waals surface area contributed by atoms with E-state index in [1.165, 1.54) is 12.3 Å². The van der Waals surface area contributed by atoms with Crippen molar-refractivity contribution in [2.45, 2.75) is 13.8 Å². The third-order valence-electron chi connectivity index (χ3n) is 2.10. The van der Waals surface area contributed by atoms with Gasteiger partial charge in [-0.15, -0.1) is 0 Å². The van der Waals surface area contributed by atoms with Crippen molar-refractivity contribution in [1.82, 2.24) is 14.8 Å². The first-order valence-corrected chi connectivity index (χ1v) is 4.30. The molecule has 0 amide bonds. The molecular weight excluding hydrogens is 181 g/mol. The zero-order valence-electron chi connectivity index (χ0n) is 8.03. The first-order valence-electron chi connectivity index (χ1n) is 4.30. The van der Waals surface area contributed by atoms with Crippen LogP contribution in [-0.4, -0.2) is 14.8 Å². The Bertz CT molecular complexity index is 443. The maximum Gasteiger partial charge on any atom is 0.143 e. The minimum Gasteiger partial charge on any atom is -0.259 e. The van der Waals surface area contributed by atoms with Crippen LogP contribution in [-0.2, 0) is 0 Å². The maximum absolute atomic E-state index is 12.9. The van der Waals surface area contributed by atoms with Gasteiger partial charge < -0.3 is 0 Å². The van der Waals surface area contributed by atoms with Crippen molar-refractivity contribution in [3.05, 3.63) is 41.7 Å². The van der Waals surface area contributed by atoms with E-state index in [-0.39, 0.29) is 5.82 Å². The summed E-state index contributed by atoms with van der Waals surface area (Å²) in [4.78, 5) is 3.76. The molecule has 0 saturated carbocycles. The molecule has 0 unspecified atom stereocenters. The smallest absolute Gasteiger partial charge is 0.143 e. The molecule has 2 aromatic rings. The lowest BCUT2D eigenvalue weighted by molar-refractivity contribution is 0.618. The van der Waals surface area contributed by atoms with Crippen LogP contribution in [0.15, 0.2) is 24.7 Å². The van der Waals surface area contributed by atoms with E-state index in [0.29, 0.717) is 5.69 Å². The molecule has 0 aliphatic rings. The van der Waals surface area contributed by atoms with Crippen molar-refractivity contribution in [1.29, 1.82) is 0 Å². The number of aromatic nitrogens is 3. The summed E-state index contributed by atoms with van der Waals surface area (Å²) in [5.74, 6) is -0.353. The molecule has 14 heavy (non-hydrogen) atoms. The molecule has 0 N–H and O–H groups in total. The van der Waals surface area contributed by atoms with Gasteiger partial charge in [-0.3, -0.25) is 4.98 Å². The van der Waals surface area contributed by atoms with E-state index < -0.39 is 0 Å². The number of rotatable bonds is 1. The van der Waals surface area contributed by atoms with Gasteiger partial charge in [0.2, 0.25) is 0 Å². The van der Waals surface area contributed by atoms with Crippen LogP contribution in [0.1, 0.15) is 11.3 Å². The molecular formula is C10H10FN3. The highest BCUT2D eigenvalue weighted by molar-refractivity contribution is 5.29. The van der Waals surface area contributed by atoms with Gasteiger partial charge in [-0.1, -0.05) is 0 Å². The highest BCUT2D eigenvalue weighted by Gasteiger charge is 2.03. The van der Waals surface area contributed by atoms with Gasteiger partial charge in [0, 0.05) is 12.3 Å². The second-order valence-corrected chi connectivity index (χ2v) is 3.20. The predicted molar refractivity (Wildman–Crippen MR) is 50.8 cm³/mol. The second-order valence-electron chi connectivity index (χ2n) is 3.20. The Labute approximate surface area is 81.2 Å². The van der Waals surface area contributed by atoms with E-state index in [9.17, 15) is 4.39 Å². The molecule has 2 aromatic heterocycles. The van der Waals surface area contributed by atoms with Crippen molar-refractivity contribution in [2.75, 3.05) is 0 Å². The first-order chi connectivity index (χ1) is 6.66. The molecule has 3 nitrogen and oxygen atoms in total. The van der Waals surface area contributed by atoms with Crippen LogP contribution in [0.2, 0.25) is 0 Å². The normalized spacial score (nSPS) is 10.5. The Kier molecular flexibility index (Phi) is 2.04. The van der Waals surface area contributed by atoms with Crippen LogP contribution in [0, 0.1) is 19.7 Å². The first kappa shape index (κ1) is 8.87. The molecule has 0 radical (unpaired) electrons. The van der Waals surface area contributed by atoms with E-state index in [1.807, 2.05) is 20.0 Å². The largest absolute Gasteiger partial charge is 0.259 e. The summed E-state index contributed by atoms with van der Waals surface area (Å²) in [5.41, 5.74) is 2.66. The molecule has 0 aliphatic heterocycles. The molecule has 2 heterocycles. The van der Waals surface area contributed by atoms with E-state index >= 15 is 0 Å². The Morgan fingerprint density at radius 2 is 2.07 bits per heavy atom. The van der Waals surface area contributed by atoms with Gasteiger partial charge in [-0.05, 0) is 19.4 Å². The van der Waals surface area contributed by atoms with Crippen LogP contribution >= 0.6 is 0 Å². The Balaban J connectivity index is 2.49. The lowest BCUT2D eigenvalue weighted by Gasteiger charge is -1.99. The molecule has 0 spiro atoms. The molecule has 0 atom stereocenters. The van der Waals surface area contributed by atoms with Gasteiger partial charge in [0.1, 0.15) is 5.82 Å². The van der Waals surface area contributed by atoms with Crippen LogP contribution in [0.3, 0.4) is 0 Å². The number of nitrogens with zero attached hydrogens (tertiary/aromatic N) is 3.